The Morgan fingerprint density at radius 3 is 1.48 bits per heavy atom. The van der Waals surface area contributed by atoms with Crippen molar-refractivity contribution < 1.29 is 57.9 Å². The second-order valence-corrected chi connectivity index (χ2v) is 19.0. The standard InChI is InChI=1S/C53H49BF10N2O3/c1-32-13-15-36(16-14-32)45-40-11-9-10-12-41(40)46(65-45)44(35-21-27-39(67-8)28-22-35)47-42(33-17-23-37(24-18-33)48(2,3)4)29-43(34-19-25-38(26-20-34)49(5,6)7)66(47)54(68-30-50(55,56)52(59,60)61)69-31-51(57,58)53(62,63)64/h9-29H,30-31H2,1-8H3/b46-44-. The van der Waals surface area contributed by atoms with Gasteiger partial charge in [-0.15, -0.1) is 0 Å². The number of hydrogen-bond donors (Lipinski definition) is 0. The number of fused-ring (bicyclic) bond motifs is 1. The molecule has 1 aromatic heterocycles. The highest BCUT2D eigenvalue weighted by Crippen LogP contribution is 2.47. The molecule has 2 heterocycles. The van der Waals surface area contributed by atoms with Crippen LogP contribution in [0.5, 0.6) is 5.75 Å². The van der Waals surface area contributed by atoms with Gasteiger partial charge in [-0.3, -0.25) is 0 Å². The van der Waals surface area contributed by atoms with E-state index in [9.17, 15) is 26.3 Å². The Morgan fingerprint density at radius 2 is 1.01 bits per heavy atom. The fraction of sp³-hybridized carbons (Fsp3) is 0.302. The highest BCUT2D eigenvalue weighted by atomic mass is 19.4. The van der Waals surface area contributed by atoms with Crippen LogP contribution < -0.4 is 4.74 Å². The molecule has 1 aliphatic rings. The molecule has 16 heteroatoms. The van der Waals surface area contributed by atoms with Crippen LogP contribution in [0.25, 0.3) is 33.7 Å². The smallest absolute Gasteiger partial charge is 0.497 e. The summed E-state index contributed by atoms with van der Waals surface area (Å²) >= 11 is 0. The van der Waals surface area contributed by atoms with Crippen molar-refractivity contribution in [2.75, 3.05) is 20.3 Å². The van der Waals surface area contributed by atoms with Crippen LogP contribution in [-0.2, 0) is 20.1 Å². The van der Waals surface area contributed by atoms with Crippen LogP contribution in [0.1, 0.15) is 86.2 Å². The van der Waals surface area contributed by atoms with E-state index in [0.717, 1.165) is 21.2 Å². The summed E-state index contributed by atoms with van der Waals surface area (Å²) in [5.74, 6) is -10.8. The first-order valence-corrected chi connectivity index (χ1v) is 21.9. The van der Waals surface area contributed by atoms with E-state index in [4.69, 9.17) is 19.0 Å². The van der Waals surface area contributed by atoms with Crippen LogP contribution in [0.3, 0.4) is 0 Å². The molecular formula is C53H49BF10N2O3. The normalized spacial score (nSPS) is 14.4. The van der Waals surface area contributed by atoms with Crippen molar-refractivity contribution in [2.24, 2.45) is 4.99 Å². The molecule has 69 heavy (non-hydrogen) atoms. The van der Waals surface area contributed by atoms with E-state index in [1.807, 2.05) is 90.9 Å². The van der Waals surface area contributed by atoms with Gasteiger partial charge in [0.15, 0.2) is 0 Å². The maximum atomic E-state index is 15.0. The summed E-state index contributed by atoms with van der Waals surface area (Å²) in [5.41, 5.74) is 5.79. The van der Waals surface area contributed by atoms with Gasteiger partial charge in [0.05, 0.1) is 24.2 Å². The lowest BCUT2D eigenvalue weighted by Crippen LogP contribution is -2.48. The lowest BCUT2D eigenvalue weighted by molar-refractivity contribution is -0.295. The molecule has 5 aromatic carbocycles. The van der Waals surface area contributed by atoms with Crippen molar-refractivity contribution in [3.63, 3.8) is 0 Å². The van der Waals surface area contributed by atoms with Gasteiger partial charge in [-0.1, -0.05) is 156 Å². The summed E-state index contributed by atoms with van der Waals surface area (Å²) in [6.45, 7) is 8.66. The molecule has 0 N–H and O–H groups in total. The molecule has 0 aliphatic carbocycles. The van der Waals surface area contributed by atoms with E-state index in [2.05, 4.69) is 0 Å². The molecule has 0 bridgehead atoms. The summed E-state index contributed by atoms with van der Waals surface area (Å²) in [5, 5.41) is 0. The van der Waals surface area contributed by atoms with E-state index >= 15 is 17.6 Å². The average molecular weight is 963 g/mol. The van der Waals surface area contributed by atoms with E-state index in [0.29, 0.717) is 39.3 Å². The zero-order valence-corrected chi connectivity index (χ0v) is 39.0. The number of rotatable bonds is 13. The number of alkyl halides is 10. The molecule has 6 aromatic rings. The molecule has 0 saturated carbocycles. The predicted molar refractivity (Wildman–Crippen MR) is 250 cm³/mol. The van der Waals surface area contributed by atoms with E-state index in [-0.39, 0.29) is 39.2 Å². The van der Waals surface area contributed by atoms with Gasteiger partial charge in [0.1, 0.15) is 19.0 Å². The van der Waals surface area contributed by atoms with Gasteiger partial charge in [0.25, 0.3) is 0 Å². The Labute approximate surface area is 394 Å². The average Bonchev–Trinajstić information content (AvgIpc) is 3.85. The minimum Gasteiger partial charge on any atom is -0.497 e. The molecule has 0 amide bonds. The van der Waals surface area contributed by atoms with Crippen LogP contribution in [0.4, 0.5) is 43.9 Å². The van der Waals surface area contributed by atoms with Crippen molar-refractivity contribution in [1.29, 1.82) is 0 Å². The second-order valence-electron chi connectivity index (χ2n) is 19.0. The van der Waals surface area contributed by atoms with Crippen LogP contribution in [0.2, 0.25) is 0 Å². The predicted octanol–water partition coefficient (Wildman–Crippen LogP) is 14.8. The van der Waals surface area contributed by atoms with Crippen LogP contribution >= 0.6 is 0 Å². The maximum Gasteiger partial charge on any atom is 0.598 e. The van der Waals surface area contributed by atoms with E-state index < -0.39 is 50.1 Å². The molecule has 0 radical (unpaired) electrons. The zero-order valence-electron chi connectivity index (χ0n) is 39.0. The second kappa shape index (κ2) is 18.7. The van der Waals surface area contributed by atoms with Crippen molar-refractivity contribution in [1.82, 2.24) is 4.48 Å². The number of halogens is 10. The lowest BCUT2D eigenvalue weighted by Gasteiger charge is -2.28. The molecule has 362 valence electrons. The molecule has 0 atom stereocenters. The third kappa shape index (κ3) is 10.6. The van der Waals surface area contributed by atoms with Crippen LogP contribution in [0, 0.1) is 6.92 Å². The first-order chi connectivity index (χ1) is 32.1. The third-order valence-corrected chi connectivity index (χ3v) is 11.8. The van der Waals surface area contributed by atoms with Gasteiger partial charge in [-0.05, 0) is 63.8 Å². The maximum absolute atomic E-state index is 15.0. The molecule has 0 fully saturated rings. The highest BCUT2D eigenvalue weighted by Gasteiger charge is 2.60. The van der Waals surface area contributed by atoms with E-state index in [1.54, 1.807) is 84.9 Å². The van der Waals surface area contributed by atoms with E-state index in [1.165, 1.54) is 7.11 Å². The van der Waals surface area contributed by atoms with Gasteiger partial charge >= 0.3 is 31.5 Å². The number of aliphatic imine (C=N–C) groups is 1. The van der Waals surface area contributed by atoms with Crippen LogP contribution in [-0.4, -0.2) is 62.0 Å². The summed E-state index contributed by atoms with van der Waals surface area (Å²) in [6.07, 6.45) is -12.4. The number of hydrogen-bond acceptors (Lipinski definition) is 4. The molecule has 1 aliphatic heterocycles. The Kier molecular flexibility index (Phi) is 13.7. The summed E-state index contributed by atoms with van der Waals surface area (Å²) in [7, 11) is -1.36. The Hall–Kier alpha value is -6.13. The zero-order chi connectivity index (χ0) is 50.5. The van der Waals surface area contributed by atoms with Gasteiger partial charge in [-0.25, -0.2) is 4.99 Å². The molecule has 7 rings (SSSR count). The SMILES string of the molecule is COc1ccc(/C(=C2/N=C(c3ccc(C)cc3)c3ccccc32)c2c(-c3ccc(C(C)(C)C)cc3)cc(-c3ccc(C(C)(C)C)cc3)n2B(OCC(F)(F)C(F)(F)F)OCC(F)(F)C(F)(F)F)cc1. The molecule has 0 unspecified atom stereocenters. The van der Waals surface area contributed by atoms with Crippen molar-refractivity contribution in [3.05, 3.63) is 172 Å². The first kappa shape index (κ1) is 50.7. The Bertz CT molecular complexity index is 2820. The number of ether oxygens (including phenoxy) is 1. The Morgan fingerprint density at radius 1 is 0.551 bits per heavy atom. The monoisotopic (exact) mass is 962 g/mol. The van der Waals surface area contributed by atoms with Crippen molar-refractivity contribution in [3.8, 4) is 28.1 Å². The third-order valence-electron chi connectivity index (χ3n) is 11.8. The van der Waals surface area contributed by atoms with Crippen molar-refractivity contribution >= 4 is 24.2 Å². The number of nitrogens with zero attached hydrogens (tertiary/aromatic N) is 2. The number of benzene rings is 5. The molecular weight excluding hydrogens is 913 g/mol. The van der Waals surface area contributed by atoms with Crippen LogP contribution in [0.15, 0.2) is 132 Å². The molecule has 5 nitrogen and oxygen atoms in total. The fourth-order valence-corrected chi connectivity index (χ4v) is 7.84. The molecule has 0 spiro atoms. The number of aryl methyl sites for hydroxylation is 1. The Balaban J connectivity index is 1.68. The first-order valence-electron chi connectivity index (χ1n) is 21.9. The van der Waals surface area contributed by atoms with Gasteiger partial charge in [0, 0.05) is 33.5 Å². The van der Waals surface area contributed by atoms with Gasteiger partial charge in [0.2, 0.25) is 0 Å². The summed E-state index contributed by atoms with van der Waals surface area (Å²) in [4.78, 5) is 5.22. The quantitative estimate of drug-likeness (QED) is 0.0856. The highest BCUT2D eigenvalue weighted by molar-refractivity contribution is 6.44. The van der Waals surface area contributed by atoms with Gasteiger partial charge < -0.3 is 18.5 Å². The summed E-state index contributed by atoms with van der Waals surface area (Å²) < 4.78 is 160. The lowest BCUT2D eigenvalue weighted by atomic mass is 9.85. The van der Waals surface area contributed by atoms with Gasteiger partial charge in [-0.2, -0.15) is 43.9 Å². The fourth-order valence-electron chi connectivity index (χ4n) is 7.84. The largest absolute Gasteiger partial charge is 0.598 e. The van der Waals surface area contributed by atoms with Crippen molar-refractivity contribution in [2.45, 2.75) is 83.5 Å². The number of methoxy groups -OCH3 is 1. The topological polar surface area (TPSA) is 45.0 Å². The molecule has 0 saturated heterocycles. The minimum atomic E-state index is -6.22. The minimum absolute atomic E-state index is 0.0587. The number of aromatic nitrogens is 1. The summed E-state index contributed by atoms with van der Waals surface area (Å²) in [6, 6.07) is 36.6.